The molecule has 1 aromatic heterocycles. The Labute approximate surface area is 131 Å². The summed E-state index contributed by atoms with van der Waals surface area (Å²) in [5.74, 6) is -0.272. The fourth-order valence-electron chi connectivity index (χ4n) is 2.20. The van der Waals surface area contributed by atoms with Crippen LogP contribution in [0.15, 0.2) is 28.9 Å². The second kappa shape index (κ2) is 6.70. The monoisotopic (exact) mass is 359 g/mol. The molecular formula is C14H16BrClFN3. The van der Waals surface area contributed by atoms with Crippen molar-refractivity contribution < 1.29 is 4.39 Å². The van der Waals surface area contributed by atoms with Gasteiger partial charge in [-0.25, -0.2) is 4.39 Å². The lowest BCUT2D eigenvalue weighted by molar-refractivity contribution is 0.540. The van der Waals surface area contributed by atoms with Crippen molar-refractivity contribution in [1.29, 1.82) is 0 Å². The van der Waals surface area contributed by atoms with Gasteiger partial charge in [-0.3, -0.25) is 4.68 Å². The number of rotatable bonds is 5. The molecule has 108 valence electrons. The predicted octanol–water partition coefficient (Wildman–Crippen LogP) is 4.16. The molecule has 0 radical (unpaired) electrons. The zero-order chi connectivity index (χ0) is 14.7. The Morgan fingerprint density at radius 3 is 2.80 bits per heavy atom. The molecule has 0 saturated carbocycles. The lowest BCUT2D eigenvalue weighted by Gasteiger charge is -2.21. The fraction of sp³-hybridized carbons (Fsp3) is 0.357. The molecule has 20 heavy (non-hydrogen) atoms. The van der Waals surface area contributed by atoms with Crippen LogP contribution in [0.25, 0.3) is 0 Å². The summed E-state index contributed by atoms with van der Waals surface area (Å²) in [4.78, 5) is 0. The minimum atomic E-state index is -0.272. The van der Waals surface area contributed by atoms with E-state index in [4.69, 9.17) is 11.6 Å². The first-order valence-electron chi connectivity index (χ1n) is 6.48. The van der Waals surface area contributed by atoms with E-state index in [1.807, 2.05) is 18.5 Å². The van der Waals surface area contributed by atoms with Gasteiger partial charge in [0.1, 0.15) is 5.82 Å². The highest BCUT2D eigenvalue weighted by Crippen LogP contribution is 2.32. The van der Waals surface area contributed by atoms with Crippen LogP contribution in [0.3, 0.4) is 0 Å². The number of aromatic nitrogens is 2. The zero-order valence-corrected chi connectivity index (χ0v) is 13.7. The van der Waals surface area contributed by atoms with Gasteiger partial charge in [-0.15, -0.1) is 0 Å². The summed E-state index contributed by atoms with van der Waals surface area (Å²) in [5.41, 5.74) is 1.83. The first kappa shape index (κ1) is 15.5. The lowest BCUT2D eigenvalue weighted by atomic mass is 10.0. The van der Waals surface area contributed by atoms with E-state index in [0.717, 1.165) is 24.3 Å². The van der Waals surface area contributed by atoms with Gasteiger partial charge >= 0.3 is 0 Å². The molecule has 1 heterocycles. The van der Waals surface area contributed by atoms with Crippen LogP contribution in [0.4, 0.5) is 4.39 Å². The van der Waals surface area contributed by atoms with Gasteiger partial charge in [0.05, 0.1) is 23.0 Å². The topological polar surface area (TPSA) is 29.9 Å². The molecule has 0 amide bonds. The highest BCUT2D eigenvalue weighted by Gasteiger charge is 2.23. The average molecular weight is 361 g/mol. The van der Waals surface area contributed by atoms with Gasteiger partial charge in [-0.1, -0.05) is 40.5 Å². The number of hydrogen-bond acceptors (Lipinski definition) is 2. The third-order valence-electron chi connectivity index (χ3n) is 3.09. The second-order valence-corrected chi connectivity index (χ2v) is 5.61. The van der Waals surface area contributed by atoms with Gasteiger partial charge < -0.3 is 5.32 Å². The maximum atomic E-state index is 13.3. The quantitative estimate of drug-likeness (QED) is 0.868. The largest absolute Gasteiger partial charge is 0.305 e. The van der Waals surface area contributed by atoms with Crippen molar-refractivity contribution in [1.82, 2.24) is 15.1 Å². The van der Waals surface area contributed by atoms with E-state index in [1.165, 1.54) is 12.1 Å². The molecule has 2 aromatic rings. The van der Waals surface area contributed by atoms with Crippen LogP contribution in [-0.4, -0.2) is 16.3 Å². The van der Waals surface area contributed by atoms with E-state index in [1.54, 1.807) is 12.3 Å². The third kappa shape index (κ3) is 3.05. The molecule has 0 spiro atoms. The number of nitrogens with zero attached hydrogens (tertiary/aromatic N) is 2. The van der Waals surface area contributed by atoms with Crippen molar-refractivity contribution in [3.63, 3.8) is 0 Å². The number of hydrogen-bond donors (Lipinski definition) is 1. The van der Waals surface area contributed by atoms with Gasteiger partial charge in [-0.2, -0.15) is 5.10 Å². The van der Waals surface area contributed by atoms with Crippen molar-refractivity contribution >= 4 is 27.5 Å². The molecule has 0 saturated heterocycles. The summed E-state index contributed by atoms with van der Waals surface area (Å²) in [7, 11) is 0. The Kier molecular flexibility index (Phi) is 5.18. The second-order valence-electron chi connectivity index (χ2n) is 4.35. The molecule has 6 heteroatoms. The van der Waals surface area contributed by atoms with Crippen LogP contribution in [0.5, 0.6) is 0 Å². The SMILES string of the molecule is CCNC(c1ccc(F)cc1Br)c1c(Cl)cnn1CC. The maximum Gasteiger partial charge on any atom is 0.124 e. The number of nitrogens with one attached hydrogen (secondary N) is 1. The summed E-state index contributed by atoms with van der Waals surface area (Å²) in [6, 6.07) is 4.53. The van der Waals surface area contributed by atoms with Crippen LogP contribution in [0.2, 0.25) is 5.02 Å². The van der Waals surface area contributed by atoms with E-state index in [2.05, 4.69) is 26.3 Å². The van der Waals surface area contributed by atoms with Crippen molar-refractivity contribution in [3.05, 3.63) is 51.0 Å². The number of benzene rings is 1. The van der Waals surface area contributed by atoms with E-state index in [0.29, 0.717) is 9.50 Å². The highest BCUT2D eigenvalue weighted by molar-refractivity contribution is 9.10. The molecule has 0 aliphatic carbocycles. The molecule has 3 nitrogen and oxygen atoms in total. The molecule has 1 unspecified atom stereocenters. The van der Waals surface area contributed by atoms with Crippen LogP contribution in [-0.2, 0) is 6.54 Å². The van der Waals surface area contributed by atoms with Crippen LogP contribution >= 0.6 is 27.5 Å². The average Bonchev–Trinajstić information content (AvgIpc) is 2.78. The van der Waals surface area contributed by atoms with E-state index >= 15 is 0 Å². The van der Waals surface area contributed by atoms with Crippen molar-refractivity contribution in [2.45, 2.75) is 26.4 Å². The molecule has 1 N–H and O–H groups in total. The maximum absolute atomic E-state index is 13.3. The van der Waals surface area contributed by atoms with Gasteiger partial charge in [0.15, 0.2) is 0 Å². The standard InChI is InChI=1S/C14H16BrClFN3/c1-3-18-13(10-6-5-9(17)7-11(10)15)14-12(16)8-19-20(14)4-2/h5-8,13,18H,3-4H2,1-2H3. The summed E-state index contributed by atoms with van der Waals surface area (Å²) < 4.78 is 15.8. The van der Waals surface area contributed by atoms with Crippen LogP contribution < -0.4 is 5.32 Å². The fourth-order valence-corrected chi connectivity index (χ4v) is 3.03. The van der Waals surface area contributed by atoms with Gasteiger partial charge in [-0.05, 0) is 31.2 Å². The molecule has 1 aromatic carbocycles. The third-order valence-corrected chi connectivity index (χ3v) is 4.07. The minimum Gasteiger partial charge on any atom is -0.305 e. The predicted molar refractivity (Wildman–Crippen MR) is 82.5 cm³/mol. The Balaban J connectivity index is 2.53. The Hall–Kier alpha value is -0.910. The van der Waals surface area contributed by atoms with Crippen LogP contribution in [0.1, 0.15) is 31.1 Å². The van der Waals surface area contributed by atoms with Gasteiger partial charge in [0.25, 0.3) is 0 Å². The van der Waals surface area contributed by atoms with Crippen molar-refractivity contribution in [3.8, 4) is 0 Å². The normalized spacial score (nSPS) is 12.7. The summed E-state index contributed by atoms with van der Waals surface area (Å²) in [6.07, 6.45) is 1.64. The van der Waals surface area contributed by atoms with E-state index < -0.39 is 0 Å². The number of halogens is 3. The van der Waals surface area contributed by atoms with Gasteiger partial charge in [0.2, 0.25) is 0 Å². The molecule has 0 bridgehead atoms. The molecule has 1 atom stereocenters. The van der Waals surface area contributed by atoms with Crippen molar-refractivity contribution in [2.24, 2.45) is 0 Å². The van der Waals surface area contributed by atoms with E-state index in [-0.39, 0.29) is 11.9 Å². The molecule has 0 aliphatic heterocycles. The molecule has 0 fully saturated rings. The minimum absolute atomic E-state index is 0.134. The molecule has 2 rings (SSSR count). The Morgan fingerprint density at radius 2 is 2.20 bits per heavy atom. The molecule has 0 aliphatic rings. The van der Waals surface area contributed by atoms with Gasteiger partial charge in [0, 0.05) is 11.0 Å². The summed E-state index contributed by atoms with van der Waals surface area (Å²) >= 11 is 9.70. The molecular weight excluding hydrogens is 345 g/mol. The smallest absolute Gasteiger partial charge is 0.124 e. The Morgan fingerprint density at radius 1 is 1.45 bits per heavy atom. The number of aryl methyl sites for hydroxylation is 1. The zero-order valence-electron chi connectivity index (χ0n) is 11.3. The Bertz CT molecular complexity index is 600. The summed E-state index contributed by atoms with van der Waals surface area (Å²) in [5, 5.41) is 8.25. The van der Waals surface area contributed by atoms with Crippen LogP contribution in [0, 0.1) is 5.82 Å². The summed E-state index contributed by atoms with van der Waals surface area (Å²) in [6.45, 7) is 5.52. The first-order chi connectivity index (χ1) is 9.58. The first-order valence-corrected chi connectivity index (χ1v) is 7.65. The van der Waals surface area contributed by atoms with Crippen molar-refractivity contribution in [2.75, 3.05) is 6.54 Å². The lowest BCUT2D eigenvalue weighted by Crippen LogP contribution is -2.25. The highest BCUT2D eigenvalue weighted by atomic mass is 79.9. The van der Waals surface area contributed by atoms with E-state index in [9.17, 15) is 4.39 Å².